The van der Waals surface area contributed by atoms with Gasteiger partial charge in [0.25, 0.3) is 0 Å². The van der Waals surface area contributed by atoms with Gasteiger partial charge >= 0.3 is 6.36 Å². The van der Waals surface area contributed by atoms with Crippen LogP contribution in [0, 0.1) is 11.3 Å². The molecule has 1 heterocycles. The predicted octanol–water partition coefficient (Wildman–Crippen LogP) is 2.07. The number of hydrogen-bond acceptors (Lipinski definition) is 4. The fraction of sp³-hybridized carbons (Fsp3) is 0.250. The molecule has 8 heteroatoms. The summed E-state index contributed by atoms with van der Waals surface area (Å²) in [5.74, 6) is -0.660. The fourth-order valence-corrected chi connectivity index (χ4v) is 1.36. The van der Waals surface area contributed by atoms with Gasteiger partial charge < -0.3 is 10.5 Å². The van der Waals surface area contributed by atoms with Crippen LogP contribution in [0.15, 0.2) is 10.7 Å². The highest BCUT2D eigenvalue weighted by Crippen LogP contribution is 2.32. The minimum absolute atomic E-state index is 0.117. The van der Waals surface area contributed by atoms with Crippen LogP contribution in [0.5, 0.6) is 5.75 Å². The van der Waals surface area contributed by atoms with Crippen LogP contribution in [-0.4, -0.2) is 11.3 Å². The molecule has 86 valence electrons. The van der Waals surface area contributed by atoms with Gasteiger partial charge in [-0.15, -0.1) is 13.2 Å². The normalized spacial score (nSPS) is 11.0. The Kier molecular flexibility index (Phi) is 3.72. The SMILES string of the molecule is N#Cc1c(Br)cnc(CN)c1OC(F)(F)F. The Morgan fingerprint density at radius 2 is 2.19 bits per heavy atom. The molecule has 1 aromatic rings. The average Bonchev–Trinajstić information content (AvgIpc) is 2.16. The van der Waals surface area contributed by atoms with Gasteiger partial charge in [0.05, 0.1) is 10.2 Å². The zero-order valence-electron chi connectivity index (χ0n) is 7.68. The van der Waals surface area contributed by atoms with Crippen molar-refractivity contribution in [3.63, 3.8) is 0 Å². The number of hydrogen-bond donors (Lipinski definition) is 1. The second-order valence-electron chi connectivity index (χ2n) is 2.62. The maximum atomic E-state index is 12.1. The van der Waals surface area contributed by atoms with Crippen molar-refractivity contribution >= 4 is 15.9 Å². The van der Waals surface area contributed by atoms with Gasteiger partial charge in [0.2, 0.25) is 0 Å². The van der Waals surface area contributed by atoms with E-state index in [4.69, 9.17) is 11.0 Å². The molecule has 4 nitrogen and oxygen atoms in total. The van der Waals surface area contributed by atoms with Crippen molar-refractivity contribution in [3.05, 3.63) is 21.9 Å². The second-order valence-corrected chi connectivity index (χ2v) is 3.48. The summed E-state index contributed by atoms with van der Waals surface area (Å²) < 4.78 is 40.1. The number of aromatic nitrogens is 1. The van der Waals surface area contributed by atoms with Crippen LogP contribution in [0.4, 0.5) is 13.2 Å². The molecular weight excluding hydrogens is 291 g/mol. The summed E-state index contributed by atoms with van der Waals surface area (Å²) in [4.78, 5) is 3.64. The van der Waals surface area contributed by atoms with Crippen LogP contribution in [-0.2, 0) is 6.54 Å². The first kappa shape index (κ1) is 12.7. The Hall–Kier alpha value is -1.33. The third kappa shape index (κ3) is 2.84. The molecule has 0 amide bonds. The van der Waals surface area contributed by atoms with E-state index in [0.29, 0.717) is 0 Å². The number of halogens is 4. The number of ether oxygens (including phenoxy) is 1. The molecule has 0 aromatic carbocycles. The van der Waals surface area contributed by atoms with Crippen molar-refractivity contribution in [3.8, 4) is 11.8 Å². The molecule has 16 heavy (non-hydrogen) atoms. The van der Waals surface area contributed by atoms with Gasteiger partial charge in [0.1, 0.15) is 11.6 Å². The summed E-state index contributed by atoms with van der Waals surface area (Å²) in [5, 5.41) is 8.72. The number of alkyl halides is 3. The summed E-state index contributed by atoms with van der Waals surface area (Å²) in [6, 6.07) is 1.59. The van der Waals surface area contributed by atoms with Crippen molar-refractivity contribution in [1.82, 2.24) is 4.98 Å². The van der Waals surface area contributed by atoms with Gasteiger partial charge in [-0.05, 0) is 15.9 Å². The first-order valence-corrected chi connectivity index (χ1v) is 4.71. The van der Waals surface area contributed by atoms with Gasteiger partial charge in [0, 0.05) is 12.7 Å². The van der Waals surface area contributed by atoms with Crippen molar-refractivity contribution in [2.45, 2.75) is 12.9 Å². The number of nitriles is 1. The van der Waals surface area contributed by atoms with Crippen LogP contribution in [0.3, 0.4) is 0 Å². The van der Waals surface area contributed by atoms with E-state index in [1.54, 1.807) is 6.07 Å². The standard InChI is InChI=1S/C8H5BrF3N3O/c9-5-3-15-6(2-14)7(4(5)1-13)16-8(10,11)12/h3H,2,14H2. The topological polar surface area (TPSA) is 71.9 Å². The van der Waals surface area contributed by atoms with Crippen molar-refractivity contribution in [2.75, 3.05) is 0 Å². The molecule has 0 radical (unpaired) electrons. The van der Waals surface area contributed by atoms with Crippen LogP contribution in [0.1, 0.15) is 11.3 Å². The maximum Gasteiger partial charge on any atom is 0.573 e. The van der Waals surface area contributed by atoms with Gasteiger partial charge in [-0.2, -0.15) is 5.26 Å². The van der Waals surface area contributed by atoms with Crippen LogP contribution in [0.2, 0.25) is 0 Å². The molecule has 0 aliphatic rings. The molecule has 0 aliphatic carbocycles. The highest BCUT2D eigenvalue weighted by Gasteiger charge is 2.34. The Labute approximate surface area is 97.0 Å². The summed E-state index contributed by atoms with van der Waals surface area (Å²) in [6.45, 7) is -0.257. The lowest BCUT2D eigenvalue weighted by Gasteiger charge is -2.13. The summed E-state index contributed by atoms with van der Waals surface area (Å²) >= 11 is 2.91. The second kappa shape index (κ2) is 4.67. The van der Waals surface area contributed by atoms with Crippen molar-refractivity contribution in [2.24, 2.45) is 5.73 Å². The summed E-state index contributed by atoms with van der Waals surface area (Å²) in [7, 11) is 0. The summed E-state index contributed by atoms with van der Waals surface area (Å²) in [6.07, 6.45) is -3.69. The first-order chi connectivity index (χ1) is 7.39. The van der Waals surface area contributed by atoms with Gasteiger partial charge in [-0.1, -0.05) is 0 Å². The monoisotopic (exact) mass is 295 g/mol. The average molecular weight is 296 g/mol. The molecular formula is C8H5BrF3N3O. The van der Waals surface area contributed by atoms with Gasteiger partial charge in [-0.25, -0.2) is 0 Å². The van der Waals surface area contributed by atoms with E-state index in [1.807, 2.05) is 0 Å². The quantitative estimate of drug-likeness (QED) is 0.907. The molecule has 1 aromatic heterocycles. The van der Waals surface area contributed by atoms with Crippen LogP contribution >= 0.6 is 15.9 Å². The first-order valence-electron chi connectivity index (χ1n) is 3.92. The van der Waals surface area contributed by atoms with Gasteiger partial charge in [-0.3, -0.25) is 4.98 Å². The fourth-order valence-electron chi connectivity index (χ4n) is 0.986. The van der Waals surface area contributed by atoms with E-state index in [1.165, 1.54) is 6.20 Å². The molecule has 0 aliphatic heterocycles. The van der Waals surface area contributed by atoms with E-state index >= 15 is 0 Å². The molecule has 1 rings (SSSR count). The number of nitrogens with two attached hydrogens (primary N) is 1. The third-order valence-electron chi connectivity index (χ3n) is 1.58. The molecule has 0 bridgehead atoms. The van der Waals surface area contributed by atoms with Crippen molar-refractivity contribution < 1.29 is 17.9 Å². The lowest BCUT2D eigenvalue weighted by molar-refractivity contribution is -0.275. The number of nitrogens with zero attached hydrogens (tertiary/aromatic N) is 2. The van der Waals surface area contributed by atoms with Crippen LogP contribution in [0.25, 0.3) is 0 Å². The Bertz CT molecular complexity index is 441. The zero-order valence-corrected chi connectivity index (χ0v) is 9.26. The minimum Gasteiger partial charge on any atom is -0.402 e. The van der Waals surface area contributed by atoms with E-state index in [-0.39, 0.29) is 22.3 Å². The molecule has 0 spiro atoms. The lowest BCUT2D eigenvalue weighted by Crippen LogP contribution is -2.20. The van der Waals surface area contributed by atoms with Gasteiger partial charge in [0.15, 0.2) is 5.75 Å². The lowest BCUT2D eigenvalue weighted by atomic mass is 10.2. The highest BCUT2D eigenvalue weighted by molar-refractivity contribution is 9.10. The van der Waals surface area contributed by atoms with E-state index < -0.39 is 12.1 Å². The minimum atomic E-state index is -4.89. The third-order valence-corrected chi connectivity index (χ3v) is 2.19. The smallest absolute Gasteiger partial charge is 0.402 e. The van der Waals surface area contributed by atoms with E-state index in [9.17, 15) is 13.2 Å². The van der Waals surface area contributed by atoms with E-state index in [2.05, 4.69) is 25.7 Å². The maximum absolute atomic E-state index is 12.1. The molecule has 0 saturated carbocycles. The summed E-state index contributed by atoms with van der Waals surface area (Å²) in [5.41, 5.74) is 4.80. The van der Waals surface area contributed by atoms with E-state index in [0.717, 1.165) is 0 Å². The Morgan fingerprint density at radius 3 is 2.62 bits per heavy atom. The number of pyridine rings is 1. The number of rotatable bonds is 2. The highest BCUT2D eigenvalue weighted by atomic mass is 79.9. The Morgan fingerprint density at radius 1 is 1.56 bits per heavy atom. The van der Waals surface area contributed by atoms with Crippen LogP contribution < -0.4 is 10.5 Å². The van der Waals surface area contributed by atoms with Crippen molar-refractivity contribution in [1.29, 1.82) is 5.26 Å². The molecule has 0 fully saturated rings. The molecule has 0 saturated heterocycles. The molecule has 0 unspecified atom stereocenters. The molecule has 0 atom stereocenters. The molecule has 2 N–H and O–H groups in total. The largest absolute Gasteiger partial charge is 0.573 e. The predicted molar refractivity (Wildman–Crippen MR) is 51.2 cm³/mol. The zero-order chi connectivity index (χ0) is 12.3. The Balaban J connectivity index is 3.33.